The maximum Gasteiger partial charge on any atom is 0.267 e. The molecule has 8 nitrogen and oxygen atoms in total. The first-order chi connectivity index (χ1) is 14.9. The summed E-state index contributed by atoms with van der Waals surface area (Å²) in [5.41, 5.74) is 9.43. The van der Waals surface area contributed by atoms with E-state index in [1.165, 1.54) is 13.3 Å². The summed E-state index contributed by atoms with van der Waals surface area (Å²) in [5.74, 6) is -0.119. The molecule has 9 heteroatoms. The van der Waals surface area contributed by atoms with Crippen LogP contribution in [0.25, 0.3) is 11.1 Å². The molecule has 0 saturated carbocycles. The molecule has 1 aliphatic heterocycles. The molecule has 0 fully saturated rings. The zero-order valence-electron chi connectivity index (χ0n) is 16.8. The van der Waals surface area contributed by atoms with Crippen LogP contribution in [0.5, 0.6) is 5.88 Å². The Labute approximate surface area is 184 Å². The molecule has 0 bridgehead atoms. The normalized spacial score (nSPS) is 13.2. The molecule has 2 amide bonds. The van der Waals surface area contributed by atoms with E-state index in [9.17, 15) is 9.59 Å². The number of nitrogens with zero attached hydrogens (tertiary/aromatic N) is 3. The highest BCUT2D eigenvalue weighted by molar-refractivity contribution is 6.33. The van der Waals surface area contributed by atoms with Crippen molar-refractivity contribution in [3.63, 3.8) is 0 Å². The second-order valence-electron chi connectivity index (χ2n) is 7.02. The molecule has 2 heterocycles. The molecular formula is C22H20ClN5O3. The molecule has 158 valence electrons. The Bertz CT molecular complexity index is 1150. The third-order valence-corrected chi connectivity index (χ3v) is 5.23. The average molecular weight is 438 g/mol. The van der Waals surface area contributed by atoms with Crippen molar-refractivity contribution < 1.29 is 14.3 Å². The average Bonchev–Trinajstić information content (AvgIpc) is 2.92. The van der Waals surface area contributed by atoms with E-state index in [0.29, 0.717) is 30.4 Å². The topological polar surface area (TPSA) is 110 Å². The van der Waals surface area contributed by atoms with Crippen LogP contribution in [0.15, 0.2) is 48.8 Å². The SMILES string of the molecule is CC(=O)NCc1ccc(-c2ccc(N3CCOc4ncnc(N)c4C3=O)cc2)c(Cl)c1. The van der Waals surface area contributed by atoms with E-state index in [0.717, 1.165) is 16.7 Å². The number of nitrogens with one attached hydrogen (secondary N) is 1. The molecule has 1 aromatic heterocycles. The number of rotatable bonds is 4. The predicted molar refractivity (Wildman–Crippen MR) is 118 cm³/mol. The van der Waals surface area contributed by atoms with Crippen LogP contribution in [0, 0.1) is 0 Å². The van der Waals surface area contributed by atoms with E-state index in [4.69, 9.17) is 22.1 Å². The minimum atomic E-state index is -0.307. The van der Waals surface area contributed by atoms with Crippen LogP contribution in [0.2, 0.25) is 5.02 Å². The molecule has 0 aliphatic carbocycles. The van der Waals surface area contributed by atoms with Crippen molar-refractivity contribution in [3.8, 4) is 17.0 Å². The van der Waals surface area contributed by atoms with Crippen LogP contribution in [0.1, 0.15) is 22.8 Å². The van der Waals surface area contributed by atoms with Crippen molar-refractivity contribution in [1.29, 1.82) is 0 Å². The van der Waals surface area contributed by atoms with Crippen molar-refractivity contribution in [2.75, 3.05) is 23.8 Å². The van der Waals surface area contributed by atoms with Gasteiger partial charge < -0.3 is 20.7 Å². The summed E-state index contributed by atoms with van der Waals surface area (Å²) >= 11 is 6.46. The lowest BCUT2D eigenvalue weighted by atomic mass is 10.0. The monoisotopic (exact) mass is 437 g/mol. The molecule has 1 aliphatic rings. The highest BCUT2D eigenvalue weighted by Crippen LogP contribution is 2.32. The minimum absolute atomic E-state index is 0.0876. The lowest BCUT2D eigenvalue weighted by molar-refractivity contribution is -0.119. The van der Waals surface area contributed by atoms with Crippen LogP contribution in [-0.4, -0.2) is 34.9 Å². The summed E-state index contributed by atoms with van der Waals surface area (Å²) < 4.78 is 5.57. The van der Waals surface area contributed by atoms with E-state index in [1.54, 1.807) is 4.90 Å². The Morgan fingerprint density at radius 1 is 1.23 bits per heavy atom. The lowest BCUT2D eigenvalue weighted by Crippen LogP contribution is -2.32. The number of fused-ring (bicyclic) bond motifs is 1. The first-order valence-electron chi connectivity index (χ1n) is 9.62. The predicted octanol–water partition coefficient (Wildman–Crippen LogP) is 3.05. The molecule has 0 saturated heterocycles. The Morgan fingerprint density at radius 2 is 2.00 bits per heavy atom. The van der Waals surface area contributed by atoms with Gasteiger partial charge in [-0.15, -0.1) is 0 Å². The molecule has 3 aromatic rings. The molecule has 4 rings (SSSR count). The van der Waals surface area contributed by atoms with Crippen LogP contribution < -0.4 is 20.7 Å². The van der Waals surface area contributed by atoms with Crippen molar-refractivity contribution >= 4 is 34.9 Å². The van der Waals surface area contributed by atoms with Gasteiger partial charge in [0, 0.05) is 29.7 Å². The molecular weight excluding hydrogens is 418 g/mol. The van der Waals surface area contributed by atoms with Gasteiger partial charge in [-0.25, -0.2) is 9.97 Å². The fraction of sp³-hybridized carbons (Fsp3) is 0.182. The summed E-state index contributed by atoms with van der Waals surface area (Å²) in [6.07, 6.45) is 1.27. The van der Waals surface area contributed by atoms with Gasteiger partial charge in [0.1, 0.15) is 24.3 Å². The van der Waals surface area contributed by atoms with Crippen LogP contribution in [-0.2, 0) is 11.3 Å². The number of hydrogen-bond donors (Lipinski definition) is 2. The third kappa shape index (κ3) is 4.29. The largest absolute Gasteiger partial charge is 0.475 e. The van der Waals surface area contributed by atoms with Gasteiger partial charge in [0.25, 0.3) is 5.91 Å². The first-order valence-corrected chi connectivity index (χ1v) is 10.0. The number of nitrogens with two attached hydrogens (primary N) is 1. The lowest BCUT2D eigenvalue weighted by Gasteiger charge is -2.20. The molecule has 0 radical (unpaired) electrons. The number of hydrogen-bond acceptors (Lipinski definition) is 6. The van der Waals surface area contributed by atoms with Gasteiger partial charge >= 0.3 is 0 Å². The van der Waals surface area contributed by atoms with Gasteiger partial charge in [-0.1, -0.05) is 35.9 Å². The maximum absolute atomic E-state index is 13.0. The number of nitrogen functional groups attached to an aromatic ring is 1. The van der Waals surface area contributed by atoms with E-state index in [2.05, 4.69) is 15.3 Å². The number of amides is 2. The Kier molecular flexibility index (Phi) is 5.73. The summed E-state index contributed by atoms with van der Waals surface area (Å²) in [7, 11) is 0. The number of halogens is 1. The van der Waals surface area contributed by atoms with Gasteiger partial charge in [-0.3, -0.25) is 9.59 Å². The van der Waals surface area contributed by atoms with Crippen LogP contribution >= 0.6 is 11.6 Å². The fourth-order valence-corrected chi connectivity index (χ4v) is 3.67. The zero-order chi connectivity index (χ0) is 22.0. The van der Waals surface area contributed by atoms with Crippen LogP contribution in [0.3, 0.4) is 0 Å². The Balaban J connectivity index is 1.58. The standard InChI is InChI=1S/C22H20ClN5O3/c1-13(29)25-11-14-2-7-17(18(23)10-14)15-3-5-16(6-4-15)28-8-9-31-21-19(22(28)30)20(24)26-12-27-21/h2-7,10,12H,8-9,11H2,1H3,(H,25,29)(H2,24,26,27). The number of carbonyl (C=O) groups is 2. The van der Waals surface area contributed by atoms with E-state index in [-0.39, 0.29) is 29.1 Å². The molecule has 0 unspecified atom stereocenters. The van der Waals surface area contributed by atoms with E-state index in [1.807, 2.05) is 42.5 Å². The van der Waals surface area contributed by atoms with Crippen LogP contribution in [0.4, 0.5) is 11.5 Å². The second-order valence-corrected chi connectivity index (χ2v) is 7.42. The van der Waals surface area contributed by atoms with Gasteiger partial charge in [0.2, 0.25) is 11.8 Å². The number of ether oxygens (including phenoxy) is 1. The quantitative estimate of drug-likeness (QED) is 0.649. The Morgan fingerprint density at radius 3 is 2.71 bits per heavy atom. The number of anilines is 2. The smallest absolute Gasteiger partial charge is 0.267 e. The molecule has 2 aromatic carbocycles. The number of benzene rings is 2. The van der Waals surface area contributed by atoms with Gasteiger partial charge in [0.15, 0.2) is 0 Å². The van der Waals surface area contributed by atoms with Crippen molar-refractivity contribution in [2.24, 2.45) is 0 Å². The van der Waals surface area contributed by atoms with Crippen molar-refractivity contribution in [3.05, 3.63) is 64.9 Å². The summed E-state index contributed by atoms with van der Waals surface area (Å²) in [4.78, 5) is 33.7. The minimum Gasteiger partial charge on any atom is -0.475 e. The summed E-state index contributed by atoms with van der Waals surface area (Å²) in [6.45, 7) is 2.53. The van der Waals surface area contributed by atoms with E-state index >= 15 is 0 Å². The molecule has 3 N–H and O–H groups in total. The first kappa shape index (κ1) is 20.6. The Hall–Kier alpha value is -3.65. The molecule has 31 heavy (non-hydrogen) atoms. The number of carbonyl (C=O) groups excluding carboxylic acids is 2. The van der Waals surface area contributed by atoms with Gasteiger partial charge in [0.05, 0.1) is 6.54 Å². The van der Waals surface area contributed by atoms with Gasteiger partial charge in [-0.05, 0) is 29.3 Å². The number of aromatic nitrogens is 2. The van der Waals surface area contributed by atoms with Crippen molar-refractivity contribution in [1.82, 2.24) is 15.3 Å². The van der Waals surface area contributed by atoms with Gasteiger partial charge in [-0.2, -0.15) is 0 Å². The molecule has 0 spiro atoms. The summed E-state index contributed by atoms with van der Waals surface area (Å²) in [6, 6.07) is 13.1. The molecule has 0 atom stereocenters. The summed E-state index contributed by atoms with van der Waals surface area (Å²) in [5, 5.41) is 3.33. The third-order valence-electron chi connectivity index (χ3n) is 4.92. The van der Waals surface area contributed by atoms with Crippen molar-refractivity contribution in [2.45, 2.75) is 13.5 Å². The highest BCUT2D eigenvalue weighted by Gasteiger charge is 2.28. The fourth-order valence-electron chi connectivity index (χ4n) is 3.36. The maximum atomic E-state index is 13.0. The zero-order valence-corrected chi connectivity index (χ0v) is 17.5. The second kappa shape index (κ2) is 8.61. The van der Waals surface area contributed by atoms with E-state index < -0.39 is 0 Å². The highest BCUT2D eigenvalue weighted by atomic mass is 35.5.